The van der Waals surface area contributed by atoms with E-state index in [-0.39, 0.29) is 17.8 Å². The van der Waals surface area contributed by atoms with Crippen molar-refractivity contribution in [3.63, 3.8) is 0 Å². The third kappa shape index (κ3) is 2.71. The number of carbonyl (C=O) groups excluding carboxylic acids is 1. The van der Waals surface area contributed by atoms with Gasteiger partial charge in [-0.3, -0.25) is 4.79 Å². The van der Waals surface area contributed by atoms with Crippen LogP contribution in [-0.4, -0.2) is 18.7 Å². The largest absolute Gasteiger partial charge is 0.466 e. The molecule has 0 bridgehead atoms. The first-order valence-electron chi connectivity index (χ1n) is 6.59. The lowest BCUT2D eigenvalue weighted by atomic mass is 9.74. The minimum Gasteiger partial charge on any atom is -0.466 e. The molecule has 0 unspecified atom stereocenters. The van der Waals surface area contributed by atoms with Gasteiger partial charge in [-0.15, -0.1) is 0 Å². The van der Waals surface area contributed by atoms with Crippen molar-refractivity contribution in [3.8, 4) is 0 Å². The highest BCUT2D eigenvalue weighted by Gasteiger charge is 2.39. The number of carbonyl (C=O) groups is 1. The zero-order valence-corrected chi connectivity index (χ0v) is 10.6. The average molecular weight is 250 g/mol. The van der Waals surface area contributed by atoms with Gasteiger partial charge in [-0.05, 0) is 31.7 Å². The van der Waals surface area contributed by atoms with Gasteiger partial charge < -0.3 is 4.74 Å². The average Bonchev–Trinajstić information content (AvgIpc) is 2.39. The van der Waals surface area contributed by atoms with Gasteiger partial charge in [0, 0.05) is 5.92 Å². The summed E-state index contributed by atoms with van der Waals surface area (Å²) in [6.45, 7) is 2.14. The molecule has 0 saturated heterocycles. The Kier molecular flexibility index (Phi) is 4.34. The molecule has 98 valence electrons. The normalized spacial score (nSPS) is 27.8. The zero-order valence-electron chi connectivity index (χ0n) is 10.6. The molecule has 1 saturated carbocycles. The van der Waals surface area contributed by atoms with Crippen LogP contribution < -0.4 is 0 Å². The van der Waals surface area contributed by atoms with E-state index in [0.717, 1.165) is 18.4 Å². The molecule has 0 radical (unpaired) electrons. The number of halogens is 1. The zero-order chi connectivity index (χ0) is 13.0. The van der Waals surface area contributed by atoms with Crippen LogP contribution in [0.25, 0.3) is 0 Å². The van der Waals surface area contributed by atoms with Gasteiger partial charge in [-0.25, -0.2) is 4.39 Å². The molecule has 1 aliphatic rings. The molecule has 2 rings (SSSR count). The smallest absolute Gasteiger partial charge is 0.309 e. The predicted octanol–water partition coefficient (Wildman–Crippen LogP) is 3.47. The molecule has 3 heteroatoms. The molecule has 0 heterocycles. The highest BCUT2D eigenvalue weighted by Crippen LogP contribution is 2.40. The Morgan fingerprint density at radius 3 is 2.72 bits per heavy atom. The quantitative estimate of drug-likeness (QED) is 0.768. The van der Waals surface area contributed by atoms with Crippen LogP contribution in [0.5, 0.6) is 0 Å². The summed E-state index contributed by atoms with van der Waals surface area (Å²) in [5, 5.41) is 0. The number of hydrogen-bond donors (Lipinski definition) is 0. The van der Waals surface area contributed by atoms with Crippen molar-refractivity contribution in [2.75, 3.05) is 6.61 Å². The van der Waals surface area contributed by atoms with E-state index in [0.29, 0.717) is 13.0 Å². The van der Waals surface area contributed by atoms with Gasteiger partial charge in [-0.1, -0.05) is 30.3 Å². The van der Waals surface area contributed by atoms with E-state index in [1.807, 2.05) is 30.3 Å². The Balaban J connectivity index is 2.23. The summed E-state index contributed by atoms with van der Waals surface area (Å²) >= 11 is 0. The summed E-state index contributed by atoms with van der Waals surface area (Å²) < 4.78 is 19.3. The number of hydrogen-bond acceptors (Lipinski definition) is 2. The SMILES string of the molecule is CCOC(=O)[C@@H]1CCC[C@H](F)[C@H]1c1ccccc1. The maximum Gasteiger partial charge on any atom is 0.309 e. The predicted molar refractivity (Wildman–Crippen MR) is 68.1 cm³/mol. The standard InChI is InChI=1S/C15H19FO2/c1-2-18-15(17)12-9-6-10-13(16)14(12)11-7-4-3-5-8-11/h3-5,7-8,12-14H,2,6,9-10H2,1H3/t12-,13+,14+/m1/s1. The van der Waals surface area contributed by atoms with Crippen LogP contribution in [0.2, 0.25) is 0 Å². The molecule has 3 atom stereocenters. The fraction of sp³-hybridized carbons (Fsp3) is 0.533. The molecule has 18 heavy (non-hydrogen) atoms. The summed E-state index contributed by atoms with van der Waals surface area (Å²) in [4.78, 5) is 11.9. The minimum absolute atomic E-state index is 0.256. The number of alkyl halides is 1. The van der Waals surface area contributed by atoms with Crippen LogP contribution in [-0.2, 0) is 9.53 Å². The number of benzene rings is 1. The van der Waals surface area contributed by atoms with E-state index in [1.165, 1.54) is 0 Å². The fourth-order valence-corrected chi connectivity index (χ4v) is 2.77. The first-order valence-corrected chi connectivity index (χ1v) is 6.59. The topological polar surface area (TPSA) is 26.3 Å². The van der Waals surface area contributed by atoms with Gasteiger partial charge in [0.05, 0.1) is 12.5 Å². The van der Waals surface area contributed by atoms with Crippen molar-refractivity contribution in [1.82, 2.24) is 0 Å². The Hall–Kier alpha value is -1.38. The van der Waals surface area contributed by atoms with E-state index in [2.05, 4.69) is 0 Å². The number of esters is 1. The summed E-state index contributed by atoms with van der Waals surface area (Å²) in [6.07, 6.45) is 1.07. The molecule has 1 aromatic rings. The Morgan fingerprint density at radius 2 is 2.06 bits per heavy atom. The van der Waals surface area contributed by atoms with Crippen LogP contribution in [0.1, 0.15) is 37.7 Å². The lowest BCUT2D eigenvalue weighted by Crippen LogP contribution is -2.34. The molecule has 2 nitrogen and oxygen atoms in total. The van der Waals surface area contributed by atoms with Crippen molar-refractivity contribution in [1.29, 1.82) is 0 Å². The van der Waals surface area contributed by atoms with Gasteiger partial charge >= 0.3 is 5.97 Å². The van der Waals surface area contributed by atoms with Crippen LogP contribution in [0, 0.1) is 5.92 Å². The lowest BCUT2D eigenvalue weighted by Gasteiger charge is -2.33. The summed E-state index contributed by atoms with van der Waals surface area (Å²) in [5.74, 6) is -0.941. The highest BCUT2D eigenvalue weighted by atomic mass is 19.1. The van der Waals surface area contributed by atoms with Gasteiger partial charge in [0.15, 0.2) is 0 Å². The van der Waals surface area contributed by atoms with Gasteiger partial charge in [0.1, 0.15) is 6.17 Å². The maximum absolute atomic E-state index is 14.2. The molecule has 1 aliphatic carbocycles. The van der Waals surface area contributed by atoms with Crippen LogP contribution >= 0.6 is 0 Å². The van der Waals surface area contributed by atoms with Gasteiger partial charge in [0.2, 0.25) is 0 Å². The van der Waals surface area contributed by atoms with Crippen molar-refractivity contribution < 1.29 is 13.9 Å². The number of ether oxygens (including phenoxy) is 1. The van der Waals surface area contributed by atoms with Crippen LogP contribution in [0.15, 0.2) is 30.3 Å². The lowest BCUT2D eigenvalue weighted by molar-refractivity contribution is -0.150. The Morgan fingerprint density at radius 1 is 1.33 bits per heavy atom. The molecule has 1 aromatic carbocycles. The van der Waals surface area contributed by atoms with E-state index in [4.69, 9.17) is 4.74 Å². The first kappa shape index (κ1) is 13.1. The van der Waals surface area contributed by atoms with Crippen LogP contribution in [0.3, 0.4) is 0 Å². The summed E-state index contributed by atoms with van der Waals surface area (Å²) in [5.41, 5.74) is 0.905. The molecular weight excluding hydrogens is 231 g/mol. The molecular formula is C15H19FO2. The van der Waals surface area contributed by atoms with Crippen molar-refractivity contribution >= 4 is 5.97 Å². The summed E-state index contributed by atoms with van der Waals surface area (Å²) in [7, 11) is 0. The Bertz CT molecular complexity index is 391. The first-order chi connectivity index (χ1) is 8.74. The number of rotatable bonds is 3. The van der Waals surface area contributed by atoms with Gasteiger partial charge in [-0.2, -0.15) is 0 Å². The van der Waals surface area contributed by atoms with Crippen molar-refractivity contribution in [2.45, 2.75) is 38.3 Å². The van der Waals surface area contributed by atoms with Crippen molar-refractivity contribution in [2.24, 2.45) is 5.92 Å². The maximum atomic E-state index is 14.2. The highest BCUT2D eigenvalue weighted by molar-refractivity contribution is 5.74. The molecule has 0 aliphatic heterocycles. The molecule has 0 N–H and O–H groups in total. The molecule has 0 spiro atoms. The van der Waals surface area contributed by atoms with Gasteiger partial charge in [0.25, 0.3) is 0 Å². The fourth-order valence-electron chi connectivity index (χ4n) is 2.77. The summed E-state index contributed by atoms with van der Waals surface area (Å²) in [6, 6.07) is 9.47. The van der Waals surface area contributed by atoms with E-state index < -0.39 is 6.17 Å². The Labute approximate surface area is 107 Å². The third-order valence-corrected chi connectivity index (χ3v) is 3.59. The molecule has 0 amide bonds. The van der Waals surface area contributed by atoms with E-state index in [1.54, 1.807) is 6.92 Å². The van der Waals surface area contributed by atoms with E-state index >= 15 is 0 Å². The minimum atomic E-state index is -0.949. The molecule has 1 fully saturated rings. The van der Waals surface area contributed by atoms with Crippen LogP contribution in [0.4, 0.5) is 4.39 Å². The third-order valence-electron chi connectivity index (χ3n) is 3.59. The second-order valence-electron chi connectivity index (χ2n) is 4.74. The second-order valence-corrected chi connectivity index (χ2v) is 4.74. The monoisotopic (exact) mass is 250 g/mol. The van der Waals surface area contributed by atoms with E-state index in [9.17, 15) is 9.18 Å². The molecule has 0 aromatic heterocycles. The second kappa shape index (κ2) is 5.98. The van der Waals surface area contributed by atoms with Crippen molar-refractivity contribution in [3.05, 3.63) is 35.9 Å².